The second kappa shape index (κ2) is 4.71. The summed E-state index contributed by atoms with van der Waals surface area (Å²) >= 11 is 3.34. The third-order valence-electron chi connectivity index (χ3n) is 2.33. The van der Waals surface area contributed by atoms with Crippen molar-refractivity contribution in [2.45, 2.75) is 6.92 Å². The van der Waals surface area contributed by atoms with Gasteiger partial charge in [0.1, 0.15) is 5.82 Å². The number of carbonyl (C=O) groups is 1. The fraction of sp³-hybridized carbons (Fsp3) is 0.167. The molecule has 0 fully saturated rings. The number of aromatic nitrogens is 2. The van der Waals surface area contributed by atoms with Crippen molar-refractivity contribution >= 4 is 27.7 Å². The van der Waals surface area contributed by atoms with Crippen LogP contribution in [-0.4, -0.2) is 15.7 Å². The number of halogens is 1. The summed E-state index contributed by atoms with van der Waals surface area (Å²) in [6.45, 7) is 1.88. The minimum Gasteiger partial charge on any atom is -0.307 e. The van der Waals surface area contributed by atoms with Gasteiger partial charge in [0.25, 0.3) is 5.91 Å². The quantitative estimate of drug-likeness (QED) is 0.925. The second-order valence-corrected chi connectivity index (χ2v) is 4.67. The van der Waals surface area contributed by atoms with Crippen LogP contribution in [0.1, 0.15) is 16.1 Å². The van der Waals surface area contributed by atoms with Crippen molar-refractivity contribution in [2.75, 3.05) is 5.32 Å². The third kappa shape index (κ3) is 2.74. The van der Waals surface area contributed by atoms with E-state index < -0.39 is 0 Å². The molecule has 2 aromatic rings. The van der Waals surface area contributed by atoms with E-state index in [-0.39, 0.29) is 5.91 Å². The van der Waals surface area contributed by atoms with E-state index in [2.05, 4.69) is 26.3 Å². The van der Waals surface area contributed by atoms with Gasteiger partial charge in [-0.05, 0) is 25.1 Å². The van der Waals surface area contributed by atoms with Crippen molar-refractivity contribution in [1.82, 2.24) is 9.78 Å². The molecule has 1 heterocycles. The number of nitrogens with one attached hydrogen (secondary N) is 1. The van der Waals surface area contributed by atoms with E-state index in [1.807, 2.05) is 25.1 Å². The normalized spacial score (nSPS) is 10.3. The van der Waals surface area contributed by atoms with Gasteiger partial charge in [-0.3, -0.25) is 9.48 Å². The van der Waals surface area contributed by atoms with Crippen LogP contribution in [0.3, 0.4) is 0 Å². The van der Waals surface area contributed by atoms with Crippen molar-refractivity contribution in [3.63, 3.8) is 0 Å². The molecule has 0 aliphatic heterocycles. The Bertz CT molecular complexity index is 563. The van der Waals surface area contributed by atoms with Gasteiger partial charge in [0, 0.05) is 23.2 Å². The van der Waals surface area contributed by atoms with Crippen LogP contribution in [0.4, 0.5) is 5.82 Å². The van der Waals surface area contributed by atoms with Gasteiger partial charge in [0.15, 0.2) is 0 Å². The van der Waals surface area contributed by atoms with Crippen LogP contribution in [0.2, 0.25) is 0 Å². The maximum atomic E-state index is 12.0. The summed E-state index contributed by atoms with van der Waals surface area (Å²) < 4.78 is 2.52. The number of nitrogens with zero attached hydrogens (tertiary/aromatic N) is 2. The Balaban J connectivity index is 2.20. The van der Waals surface area contributed by atoms with Gasteiger partial charge in [-0.2, -0.15) is 5.10 Å². The van der Waals surface area contributed by atoms with Crippen molar-refractivity contribution in [3.8, 4) is 0 Å². The molecule has 5 heteroatoms. The van der Waals surface area contributed by atoms with Gasteiger partial charge in [0.05, 0.1) is 5.69 Å². The van der Waals surface area contributed by atoms with E-state index in [0.717, 1.165) is 10.2 Å². The summed E-state index contributed by atoms with van der Waals surface area (Å²) in [6, 6.07) is 9.08. The molecule has 1 N–H and O–H groups in total. The lowest BCUT2D eigenvalue weighted by Gasteiger charge is -2.05. The first-order valence-electron chi connectivity index (χ1n) is 5.14. The van der Waals surface area contributed by atoms with Gasteiger partial charge < -0.3 is 5.32 Å². The van der Waals surface area contributed by atoms with Gasteiger partial charge >= 0.3 is 0 Å². The topological polar surface area (TPSA) is 46.9 Å². The van der Waals surface area contributed by atoms with Crippen LogP contribution >= 0.6 is 15.9 Å². The third-order valence-corrected chi connectivity index (χ3v) is 2.82. The average Bonchev–Trinajstić information content (AvgIpc) is 2.57. The zero-order valence-corrected chi connectivity index (χ0v) is 11.2. The zero-order chi connectivity index (χ0) is 12.4. The minimum atomic E-state index is -0.144. The summed E-state index contributed by atoms with van der Waals surface area (Å²) in [5.41, 5.74) is 1.48. The average molecular weight is 294 g/mol. The maximum Gasteiger partial charge on any atom is 0.256 e. The molecule has 0 spiro atoms. The summed E-state index contributed by atoms with van der Waals surface area (Å²) in [4.78, 5) is 12.0. The van der Waals surface area contributed by atoms with E-state index in [1.165, 1.54) is 0 Å². The van der Waals surface area contributed by atoms with Crippen molar-refractivity contribution < 1.29 is 4.79 Å². The van der Waals surface area contributed by atoms with Crippen LogP contribution in [0.5, 0.6) is 0 Å². The number of benzene rings is 1. The SMILES string of the molecule is Cc1cc(NC(=O)c2cccc(Br)c2)n(C)n1. The number of carbonyl (C=O) groups excluding carboxylic acids is 1. The molecular weight excluding hydrogens is 282 g/mol. The Morgan fingerprint density at radius 3 is 2.76 bits per heavy atom. The van der Waals surface area contributed by atoms with Crippen LogP contribution in [0, 0.1) is 6.92 Å². The molecule has 88 valence electrons. The van der Waals surface area contributed by atoms with Gasteiger partial charge in [-0.1, -0.05) is 22.0 Å². The molecule has 0 aliphatic carbocycles. The van der Waals surface area contributed by atoms with Crippen LogP contribution < -0.4 is 5.32 Å². The highest BCUT2D eigenvalue weighted by Crippen LogP contribution is 2.14. The van der Waals surface area contributed by atoms with E-state index in [0.29, 0.717) is 11.4 Å². The summed E-state index contributed by atoms with van der Waals surface area (Å²) in [5, 5.41) is 6.98. The number of rotatable bonds is 2. The molecule has 1 aromatic carbocycles. The molecular formula is C12H12BrN3O. The van der Waals surface area contributed by atoms with Crippen molar-refractivity contribution in [1.29, 1.82) is 0 Å². The maximum absolute atomic E-state index is 12.0. The Labute approximate surface area is 108 Å². The van der Waals surface area contributed by atoms with E-state index in [9.17, 15) is 4.79 Å². The monoisotopic (exact) mass is 293 g/mol. The predicted molar refractivity (Wildman–Crippen MR) is 70.0 cm³/mol. The fourth-order valence-electron chi connectivity index (χ4n) is 1.55. The molecule has 1 aromatic heterocycles. The summed E-state index contributed by atoms with van der Waals surface area (Å²) in [6.07, 6.45) is 0. The molecule has 1 amide bonds. The highest BCUT2D eigenvalue weighted by molar-refractivity contribution is 9.10. The number of amides is 1. The molecule has 0 radical (unpaired) electrons. The molecule has 0 saturated carbocycles. The lowest BCUT2D eigenvalue weighted by molar-refractivity contribution is 0.102. The van der Waals surface area contributed by atoms with E-state index in [1.54, 1.807) is 23.9 Å². The number of hydrogen-bond acceptors (Lipinski definition) is 2. The first-order chi connectivity index (χ1) is 8.06. The molecule has 0 unspecified atom stereocenters. The van der Waals surface area contributed by atoms with Gasteiger partial charge in [-0.25, -0.2) is 0 Å². The van der Waals surface area contributed by atoms with Crippen LogP contribution in [0.25, 0.3) is 0 Å². The Morgan fingerprint density at radius 1 is 1.41 bits per heavy atom. The molecule has 2 rings (SSSR count). The minimum absolute atomic E-state index is 0.144. The number of anilines is 1. The summed E-state index contributed by atoms with van der Waals surface area (Å²) in [5.74, 6) is 0.543. The molecule has 0 saturated heterocycles. The van der Waals surface area contributed by atoms with Crippen molar-refractivity contribution in [3.05, 3.63) is 46.1 Å². The largest absolute Gasteiger partial charge is 0.307 e. The Hall–Kier alpha value is -1.62. The predicted octanol–water partition coefficient (Wildman–Crippen LogP) is 2.74. The highest BCUT2D eigenvalue weighted by atomic mass is 79.9. The molecule has 0 bridgehead atoms. The highest BCUT2D eigenvalue weighted by Gasteiger charge is 2.09. The molecule has 17 heavy (non-hydrogen) atoms. The van der Waals surface area contributed by atoms with Crippen molar-refractivity contribution in [2.24, 2.45) is 7.05 Å². The van der Waals surface area contributed by atoms with E-state index in [4.69, 9.17) is 0 Å². The first kappa shape index (κ1) is 11.9. The van der Waals surface area contributed by atoms with E-state index >= 15 is 0 Å². The Kier molecular flexibility index (Phi) is 3.28. The summed E-state index contributed by atoms with van der Waals surface area (Å²) in [7, 11) is 1.80. The number of hydrogen-bond donors (Lipinski definition) is 1. The zero-order valence-electron chi connectivity index (χ0n) is 9.57. The Morgan fingerprint density at radius 2 is 2.18 bits per heavy atom. The first-order valence-corrected chi connectivity index (χ1v) is 5.93. The van der Waals surface area contributed by atoms with Gasteiger partial charge in [0.2, 0.25) is 0 Å². The lowest BCUT2D eigenvalue weighted by Crippen LogP contribution is -2.14. The number of aryl methyl sites for hydroxylation is 2. The molecule has 0 atom stereocenters. The standard InChI is InChI=1S/C12H12BrN3O/c1-8-6-11(16(2)15-8)14-12(17)9-4-3-5-10(13)7-9/h3-7H,1-2H3,(H,14,17). The smallest absolute Gasteiger partial charge is 0.256 e. The molecule has 4 nitrogen and oxygen atoms in total. The van der Waals surface area contributed by atoms with Gasteiger partial charge in [-0.15, -0.1) is 0 Å². The van der Waals surface area contributed by atoms with Crippen LogP contribution in [-0.2, 0) is 7.05 Å². The lowest BCUT2D eigenvalue weighted by atomic mass is 10.2. The second-order valence-electron chi connectivity index (χ2n) is 3.76. The fourth-order valence-corrected chi connectivity index (χ4v) is 1.95. The van der Waals surface area contributed by atoms with Crippen LogP contribution in [0.15, 0.2) is 34.8 Å². The molecule has 0 aliphatic rings.